The van der Waals surface area contributed by atoms with Gasteiger partial charge < -0.3 is 9.47 Å². The highest BCUT2D eigenvalue weighted by Gasteiger charge is 2.34. The minimum absolute atomic E-state index is 0.0633. The maximum atomic E-state index is 11.1. The summed E-state index contributed by atoms with van der Waals surface area (Å²) in [6.07, 6.45) is 9.72. The molecule has 3 nitrogen and oxygen atoms in total. The second-order valence-corrected chi connectivity index (χ2v) is 4.61. The van der Waals surface area contributed by atoms with Crippen molar-refractivity contribution in [3.05, 3.63) is 12.7 Å². The van der Waals surface area contributed by atoms with Crippen LogP contribution in [0, 0.1) is 0 Å². The lowest BCUT2D eigenvalue weighted by Gasteiger charge is -2.14. The zero-order chi connectivity index (χ0) is 12.5. The molecule has 0 aromatic heterocycles. The molecule has 0 aromatic rings. The minimum atomic E-state index is -0.337. The summed E-state index contributed by atoms with van der Waals surface area (Å²) in [4.78, 5) is 11.1. The van der Waals surface area contributed by atoms with Crippen molar-refractivity contribution in [3.63, 3.8) is 0 Å². The maximum Gasteiger partial charge on any atom is 0.330 e. The molecule has 0 radical (unpaired) electrons. The van der Waals surface area contributed by atoms with E-state index in [1.165, 1.54) is 38.2 Å². The van der Waals surface area contributed by atoms with Gasteiger partial charge in [-0.15, -0.1) is 0 Å². The van der Waals surface area contributed by atoms with Crippen LogP contribution in [0.3, 0.4) is 0 Å². The predicted molar refractivity (Wildman–Crippen MR) is 67.8 cm³/mol. The molecule has 0 N–H and O–H groups in total. The summed E-state index contributed by atoms with van der Waals surface area (Å²) in [6, 6.07) is 0. The van der Waals surface area contributed by atoms with Crippen LogP contribution in [-0.4, -0.2) is 24.8 Å². The quantitative estimate of drug-likeness (QED) is 0.255. The highest BCUT2D eigenvalue weighted by Crippen LogP contribution is 2.22. The molecule has 2 atom stereocenters. The van der Waals surface area contributed by atoms with Gasteiger partial charge in [0.2, 0.25) is 0 Å². The van der Waals surface area contributed by atoms with Crippen LogP contribution in [0.15, 0.2) is 12.7 Å². The van der Waals surface area contributed by atoms with Crippen molar-refractivity contribution in [1.82, 2.24) is 0 Å². The SMILES string of the molecule is C=CC(=O)OC(CCCCCCCC)C1CO1. The van der Waals surface area contributed by atoms with Gasteiger partial charge in [-0.25, -0.2) is 4.79 Å². The summed E-state index contributed by atoms with van der Waals surface area (Å²) in [7, 11) is 0. The molecule has 1 saturated heterocycles. The number of carbonyl (C=O) groups excluding carboxylic acids is 1. The maximum absolute atomic E-state index is 11.1. The Hall–Kier alpha value is -0.830. The van der Waals surface area contributed by atoms with E-state index in [4.69, 9.17) is 9.47 Å². The van der Waals surface area contributed by atoms with Gasteiger partial charge in [-0.05, 0) is 12.8 Å². The number of epoxide rings is 1. The molecule has 0 bridgehead atoms. The van der Waals surface area contributed by atoms with Crippen LogP contribution in [0.1, 0.15) is 51.9 Å². The highest BCUT2D eigenvalue weighted by molar-refractivity contribution is 5.81. The van der Waals surface area contributed by atoms with E-state index < -0.39 is 0 Å². The van der Waals surface area contributed by atoms with E-state index in [0.717, 1.165) is 19.4 Å². The van der Waals surface area contributed by atoms with Crippen molar-refractivity contribution in [2.24, 2.45) is 0 Å². The van der Waals surface area contributed by atoms with Crippen molar-refractivity contribution < 1.29 is 14.3 Å². The molecule has 0 spiro atoms. The lowest BCUT2D eigenvalue weighted by Crippen LogP contribution is -2.22. The number of hydrogen-bond donors (Lipinski definition) is 0. The highest BCUT2D eigenvalue weighted by atomic mass is 16.6. The Morgan fingerprint density at radius 3 is 2.65 bits per heavy atom. The Morgan fingerprint density at radius 2 is 2.06 bits per heavy atom. The number of carbonyl (C=O) groups is 1. The van der Waals surface area contributed by atoms with Gasteiger partial charge in [0, 0.05) is 6.08 Å². The van der Waals surface area contributed by atoms with E-state index in [1.54, 1.807) is 0 Å². The summed E-state index contributed by atoms with van der Waals surface area (Å²) in [6.45, 7) is 6.35. The lowest BCUT2D eigenvalue weighted by atomic mass is 10.1. The van der Waals surface area contributed by atoms with Crippen LogP contribution < -0.4 is 0 Å². The molecular weight excluding hydrogens is 216 g/mol. The second-order valence-electron chi connectivity index (χ2n) is 4.61. The fraction of sp³-hybridized carbons (Fsp3) is 0.786. The Morgan fingerprint density at radius 1 is 1.41 bits per heavy atom. The molecule has 1 aliphatic heterocycles. The molecule has 1 aliphatic rings. The molecule has 2 unspecified atom stereocenters. The van der Waals surface area contributed by atoms with Crippen molar-refractivity contribution in [1.29, 1.82) is 0 Å². The summed E-state index contributed by atoms with van der Waals surface area (Å²) in [5.74, 6) is -0.337. The van der Waals surface area contributed by atoms with Crippen LogP contribution in [-0.2, 0) is 14.3 Å². The van der Waals surface area contributed by atoms with Gasteiger partial charge in [0.25, 0.3) is 0 Å². The van der Waals surface area contributed by atoms with Gasteiger partial charge in [0.1, 0.15) is 12.2 Å². The standard InChI is InChI=1S/C14H24O3/c1-3-5-6-7-8-9-10-12(13-11-16-13)17-14(15)4-2/h4,12-13H,2-3,5-11H2,1H3. The Labute approximate surface area is 104 Å². The molecule has 1 fully saturated rings. The van der Waals surface area contributed by atoms with Crippen molar-refractivity contribution in [2.75, 3.05) is 6.61 Å². The Kier molecular flexibility index (Phi) is 6.94. The third-order valence-corrected chi connectivity index (χ3v) is 3.05. The first-order chi connectivity index (χ1) is 8.27. The third-order valence-electron chi connectivity index (χ3n) is 3.05. The largest absolute Gasteiger partial charge is 0.456 e. The first-order valence-electron chi connectivity index (χ1n) is 6.72. The van der Waals surface area contributed by atoms with Crippen LogP contribution in [0.5, 0.6) is 0 Å². The Bertz CT molecular complexity index is 234. The summed E-state index contributed by atoms with van der Waals surface area (Å²) >= 11 is 0. The first-order valence-corrected chi connectivity index (χ1v) is 6.72. The molecule has 1 rings (SSSR count). The van der Waals surface area contributed by atoms with E-state index in [-0.39, 0.29) is 18.2 Å². The number of ether oxygens (including phenoxy) is 2. The molecule has 17 heavy (non-hydrogen) atoms. The van der Waals surface area contributed by atoms with Crippen LogP contribution in [0.4, 0.5) is 0 Å². The van der Waals surface area contributed by atoms with Crippen molar-refractivity contribution >= 4 is 5.97 Å². The molecule has 3 heteroatoms. The molecular formula is C14H24O3. The van der Waals surface area contributed by atoms with E-state index in [2.05, 4.69) is 13.5 Å². The summed E-state index contributed by atoms with van der Waals surface area (Å²) in [5.41, 5.74) is 0. The van der Waals surface area contributed by atoms with E-state index in [1.807, 2.05) is 0 Å². The molecule has 0 aliphatic carbocycles. The van der Waals surface area contributed by atoms with Crippen molar-refractivity contribution in [3.8, 4) is 0 Å². The topological polar surface area (TPSA) is 38.8 Å². The summed E-state index contributed by atoms with van der Waals surface area (Å²) in [5, 5.41) is 0. The average molecular weight is 240 g/mol. The summed E-state index contributed by atoms with van der Waals surface area (Å²) < 4.78 is 10.5. The number of rotatable bonds is 10. The smallest absolute Gasteiger partial charge is 0.330 e. The van der Waals surface area contributed by atoms with Gasteiger partial charge in [-0.3, -0.25) is 0 Å². The van der Waals surface area contributed by atoms with E-state index in [9.17, 15) is 4.79 Å². The van der Waals surface area contributed by atoms with Crippen LogP contribution >= 0.6 is 0 Å². The monoisotopic (exact) mass is 240 g/mol. The minimum Gasteiger partial charge on any atom is -0.456 e. The van der Waals surface area contributed by atoms with E-state index in [0.29, 0.717) is 0 Å². The van der Waals surface area contributed by atoms with Crippen LogP contribution in [0.2, 0.25) is 0 Å². The fourth-order valence-electron chi connectivity index (χ4n) is 1.91. The number of hydrogen-bond acceptors (Lipinski definition) is 3. The average Bonchev–Trinajstić information content (AvgIpc) is 3.15. The Balaban J connectivity index is 2.08. The van der Waals surface area contributed by atoms with E-state index >= 15 is 0 Å². The fourth-order valence-corrected chi connectivity index (χ4v) is 1.91. The van der Waals surface area contributed by atoms with Gasteiger partial charge in [0.15, 0.2) is 0 Å². The molecule has 0 amide bonds. The van der Waals surface area contributed by atoms with Gasteiger partial charge in [-0.2, -0.15) is 0 Å². The number of unbranched alkanes of at least 4 members (excludes halogenated alkanes) is 5. The van der Waals surface area contributed by atoms with Crippen LogP contribution in [0.25, 0.3) is 0 Å². The predicted octanol–water partition coefficient (Wildman–Crippen LogP) is 3.23. The molecule has 1 heterocycles. The zero-order valence-electron chi connectivity index (χ0n) is 10.8. The van der Waals surface area contributed by atoms with Gasteiger partial charge in [-0.1, -0.05) is 45.6 Å². The lowest BCUT2D eigenvalue weighted by molar-refractivity contribution is -0.144. The van der Waals surface area contributed by atoms with Gasteiger partial charge >= 0.3 is 5.97 Å². The molecule has 0 aromatic carbocycles. The third kappa shape index (κ3) is 6.47. The zero-order valence-corrected chi connectivity index (χ0v) is 10.8. The first kappa shape index (κ1) is 14.2. The molecule has 0 saturated carbocycles. The second kappa shape index (κ2) is 8.29. The normalized spacial score (nSPS) is 19.7. The molecule has 98 valence electrons. The van der Waals surface area contributed by atoms with Gasteiger partial charge in [0.05, 0.1) is 6.61 Å². The van der Waals surface area contributed by atoms with Crippen molar-refractivity contribution in [2.45, 2.75) is 64.1 Å². The number of esters is 1.